The summed E-state index contributed by atoms with van der Waals surface area (Å²) in [7, 11) is 0. The smallest absolute Gasteiger partial charge is 0.263 e. The average molecular weight is 448 g/mol. The van der Waals surface area contributed by atoms with Crippen molar-refractivity contribution in [3.05, 3.63) is 70.5 Å². The first kappa shape index (κ1) is 20.8. The minimum absolute atomic E-state index is 0.0144. The maximum Gasteiger partial charge on any atom is 0.263 e. The molecule has 1 fully saturated rings. The molecule has 0 saturated heterocycles. The largest absolute Gasteiger partial charge is 0.352 e. The molecule has 1 aliphatic rings. The second-order valence-electron chi connectivity index (χ2n) is 8.26. The van der Waals surface area contributed by atoms with Gasteiger partial charge in [-0.2, -0.15) is 0 Å². The zero-order chi connectivity index (χ0) is 22.1. The number of aromatic nitrogens is 4. The zero-order valence-electron chi connectivity index (χ0n) is 17.9. The topological polar surface area (TPSA) is 81.3 Å². The highest BCUT2D eigenvalue weighted by Crippen LogP contribution is 2.26. The minimum Gasteiger partial charge on any atom is -0.352 e. The van der Waals surface area contributed by atoms with Crippen LogP contribution in [-0.2, 0) is 11.3 Å². The first-order valence-corrected chi connectivity index (χ1v) is 11.9. The van der Waals surface area contributed by atoms with Crippen molar-refractivity contribution in [1.82, 2.24) is 24.5 Å². The van der Waals surface area contributed by atoms with E-state index in [0.29, 0.717) is 22.9 Å². The van der Waals surface area contributed by atoms with Crippen LogP contribution in [0.4, 0.5) is 0 Å². The van der Waals surface area contributed by atoms with Crippen molar-refractivity contribution >= 4 is 34.3 Å². The molecule has 1 aliphatic carbocycles. The van der Waals surface area contributed by atoms with Crippen LogP contribution in [0.25, 0.3) is 16.7 Å². The lowest BCUT2D eigenvalue weighted by molar-refractivity contribution is -0.120. The van der Waals surface area contributed by atoms with Gasteiger partial charge >= 0.3 is 0 Å². The van der Waals surface area contributed by atoms with E-state index >= 15 is 0 Å². The molecule has 1 unspecified atom stereocenters. The summed E-state index contributed by atoms with van der Waals surface area (Å²) in [4.78, 5) is 26.0. The van der Waals surface area contributed by atoms with Crippen LogP contribution in [0.3, 0.4) is 0 Å². The fraction of sp³-hybridized carbons (Fsp3) is 0.333. The fourth-order valence-electron chi connectivity index (χ4n) is 4.32. The Labute approximate surface area is 189 Å². The van der Waals surface area contributed by atoms with Crippen LogP contribution in [0.5, 0.6) is 0 Å². The number of para-hydroxylation sites is 1. The Kier molecular flexibility index (Phi) is 5.70. The molecule has 5 rings (SSSR count). The van der Waals surface area contributed by atoms with Gasteiger partial charge < -0.3 is 5.32 Å². The third-order valence-corrected chi connectivity index (χ3v) is 7.06. The summed E-state index contributed by atoms with van der Waals surface area (Å²) in [6.07, 6.45) is 4.44. The molecule has 1 N–H and O–H groups in total. The van der Waals surface area contributed by atoms with Gasteiger partial charge in [-0.15, -0.1) is 10.2 Å². The lowest BCUT2D eigenvalue weighted by Crippen LogP contribution is -2.37. The Bertz CT molecular complexity index is 1320. The maximum atomic E-state index is 13.3. The Balaban J connectivity index is 1.54. The SMILES string of the molecule is CC(Sc1nnc2n(Cc3ccccc3)c(=O)c3ccccc3n12)C(=O)NC1CCCC1. The molecule has 1 amide bonds. The molecule has 2 aromatic heterocycles. The van der Waals surface area contributed by atoms with E-state index in [1.807, 2.05) is 65.9 Å². The normalized spacial score (nSPS) is 15.4. The van der Waals surface area contributed by atoms with Crippen LogP contribution >= 0.6 is 11.8 Å². The summed E-state index contributed by atoms with van der Waals surface area (Å²) in [6.45, 7) is 2.28. The highest BCUT2D eigenvalue weighted by molar-refractivity contribution is 8.00. The Morgan fingerprint density at radius 2 is 1.81 bits per heavy atom. The number of benzene rings is 2. The molecule has 1 saturated carbocycles. The Hall–Kier alpha value is -3.13. The van der Waals surface area contributed by atoms with Crippen LogP contribution < -0.4 is 10.9 Å². The van der Waals surface area contributed by atoms with Gasteiger partial charge in [-0.1, -0.05) is 67.1 Å². The lowest BCUT2D eigenvalue weighted by Gasteiger charge is -2.16. The Morgan fingerprint density at radius 3 is 2.59 bits per heavy atom. The van der Waals surface area contributed by atoms with E-state index in [0.717, 1.165) is 23.9 Å². The predicted molar refractivity (Wildman–Crippen MR) is 126 cm³/mol. The van der Waals surface area contributed by atoms with Crippen molar-refractivity contribution in [1.29, 1.82) is 0 Å². The third-order valence-electron chi connectivity index (χ3n) is 6.01. The van der Waals surface area contributed by atoms with E-state index < -0.39 is 0 Å². The highest BCUT2D eigenvalue weighted by atomic mass is 32.2. The second kappa shape index (κ2) is 8.78. The average Bonchev–Trinajstić information content (AvgIpc) is 3.47. The monoisotopic (exact) mass is 447 g/mol. The van der Waals surface area contributed by atoms with E-state index in [1.165, 1.54) is 24.6 Å². The molecule has 0 bridgehead atoms. The lowest BCUT2D eigenvalue weighted by atomic mass is 10.2. The van der Waals surface area contributed by atoms with Gasteiger partial charge in [0.2, 0.25) is 11.7 Å². The molecule has 8 heteroatoms. The molecule has 164 valence electrons. The number of carbonyl (C=O) groups excluding carboxylic acids is 1. The maximum absolute atomic E-state index is 13.3. The van der Waals surface area contributed by atoms with E-state index in [-0.39, 0.29) is 22.8 Å². The fourth-order valence-corrected chi connectivity index (χ4v) is 5.18. The number of hydrogen-bond acceptors (Lipinski definition) is 5. The number of thioether (sulfide) groups is 1. The van der Waals surface area contributed by atoms with Crippen molar-refractivity contribution in [2.75, 3.05) is 0 Å². The van der Waals surface area contributed by atoms with Gasteiger partial charge in [0.15, 0.2) is 5.16 Å². The summed E-state index contributed by atoms with van der Waals surface area (Å²) in [6, 6.07) is 17.6. The van der Waals surface area contributed by atoms with Crippen LogP contribution in [0, 0.1) is 0 Å². The van der Waals surface area contributed by atoms with Crippen LogP contribution in [-0.4, -0.2) is 36.4 Å². The molecule has 2 heterocycles. The number of nitrogens with one attached hydrogen (secondary N) is 1. The molecule has 0 spiro atoms. The van der Waals surface area contributed by atoms with Gasteiger partial charge in [-0.05, 0) is 37.5 Å². The summed E-state index contributed by atoms with van der Waals surface area (Å²) in [5.74, 6) is 0.490. The molecule has 7 nitrogen and oxygen atoms in total. The Morgan fingerprint density at radius 1 is 1.09 bits per heavy atom. The van der Waals surface area contributed by atoms with Gasteiger partial charge in [0.25, 0.3) is 5.56 Å². The first-order chi connectivity index (χ1) is 15.6. The quantitative estimate of drug-likeness (QED) is 0.457. The molecular formula is C24H25N5O2S. The molecule has 0 aliphatic heterocycles. The van der Waals surface area contributed by atoms with Crippen molar-refractivity contribution < 1.29 is 4.79 Å². The minimum atomic E-state index is -0.323. The molecule has 4 aromatic rings. The molecule has 2 aromatic carbocycles. The van der Waals surface area contributed by atoms with Crippen molar-refractivity contribution in [2.24, 2.45) is 0 Å². The van der Waals surface area contributed by atoms with Crippen molar-refractivity contribution in [3.8, 4) is 0 Å². The van der Waals surface area contributed by atoms with Crippen molar-refractivity contribution in [3.63, 3.8) is 0 Å². The predicted octanol–water partition coefficient (Wildman–Crippen LogP) is 3.63. The first-order valence-electron chi connectivity index (χ1n) is 11.0. The van der Waals surface area contributed by atoms with Crippen LogP contribution in [0.1, 0.15) is 38.2 Å². The molecule has 0 radical (unpaired) electrons. The summed E-state index contributed by atoms with van der Waals surface area (Å²) >= 11 is 1.37. The molecular weight excluding hydrogens is 422 g/mol. The summed E-state index contributed by atoms with van der Waals surface area (Å²) in [5, 5.41) is 12.8. The van der Waals surface area contributed by atoms with Gasteiger partial charge in [-0.3, -0.25) is 18.6 Å². The molecule has 1 atom stereocenters. The number of rotatable bonds is 6. The van der Waals surface area contributed by atoms with E-state index in [1.54, 1.807) is 4.57 Å². The van der Waals surface area contributed by atoms with Gasteiger partial charge in [0.05, 0.1) is 22.7 Å². The van der Waals surface area contributed by atoms with E-state index in [2.05, 4.69) is 15.5 Å². The highest BCUT2D eigenvalue weighted by Gasteiger charge is 2.24. The van der Waals surface area contributed by atoms with E-state index in [4.69, 9.17) is 0 Å². The summed E-state index contributed by atoms with van der Waals surface area (Å²) < 4.78 is 3.54. The summed E-state index contributed by atoms with van der Waals surface area (Å²) in [5.41, 5.74) is 1.65. The molecule has 32 heavy (non-hydrogen) atoms. The third kappa shape index (κ3) is 3.90. The van der Waals surface area contributed by atoms with E-state index in [9.17, 15) is 9.59 Å². The number of carbonyl (C=O) groups is 1. The zero-order valence-corrected chi connectivity index (χ0v) is 18.7. The second-order valence-corrected chi connectivity index (χ2v) is 9.57. The number of nitrogens with zero attached hydrogens (tertiary/aromatic N) is 4. The van der Waals surface area contributed by atoms with Crippen LogP contribution in [0.2, 0.25) is 0 Å². The van der Waals surface area contributed by atoms with Gasteiger partial charge in [-0.25, -0.2) is 0 Å². The van der Waals surface area contributed by atoms with Crippen molar-refractivity contribution in [2.45, 2.75) is 55.6 Å². The standard InChI is InChI=1S/C24H25N5O2S/c1-16(21(30)25-18-11-5-6-12-18)32-24-27-26-23-28(15-17-9-3-2-4-10-17)22(31)19-13-7-8-14-20(19)29(23)24/h2-4,7-10,13-14,16,18H,5-6,11-12,15H2,1H3,(H,25,30). The number of hydrogen-bond donors (Lipinski definition) is 1. The van der Waals surface area contributed by atoms with Crippen LogP contribution in [0.15, 0.2) is 64.5 Å². The number of amides is 1. The van der Waals surface area contributed by atoms with Gasteiger partial charge in [0.1, 0.15) is 0 Å². The van der Waals surface area contributed by atoms with Gasteiger partial charge in [0, 0.05) is 6.04 Å². The number of fused-ring (bicyclic) bond motifs is 3.